The van der Waals surface area contributed by atoms with Crippen LogP contribution in [-0.4, -0.2) is 55.6 Å². The third-order valence-electron chi connectivity index (χ3n) is 6.18. The van der Waals surface area contributed by atoms with Crippen molar-refractivity contribution >= 4 is 25.9 Å². The number of carboxylic acids is 1. The Hall–Kier alpha value is -1.63. The highest BCUT2D eigenvalue weighted by atomic mass is 28.3. The largest absolute Gasteiger partial charge is 0.481 e. The van der Waals surface area contributed by atoms with Gasteiger partial charge in [0.15, 0.2) is 0 Å². The zero-order chi connectivity index (χ0) is 18.5. The Morgan fingerprint density at radius 1 is 1.12 bits per heavy atom. The molecule has 0 radical (unpaired) electrons. The first-order valence-electron chi connectivity index (χ1n) is 8.98. The highest BCUT2D eigenvalue weighted by Gasteiger charge is 2.61. The van der Waals surface area contributed by atoms with Gasteiger partial charge in [0.25, 0.3) is 0 Å². The van der Waals surface area contributed by atoms with Gasteiger partial charge in [-0.3, -0.25) is 9.59 Å². The normalized spacial score (nSPS) is 36.7. The molecule has 2 fully saturated rings. The van der Waals surface area contributed by atoms with Crippen LogP contribution in [-0.2, 0) is 19.1 Å². The summed E-state index contributed by atoms with van der Waals surface area (Å²) in [6.45, 7) is 7.22. The SMILES string of the molecule is COC(=O)[C@@H]1CCCN1C(=O)[C@@H]1[C@@H]2C=C[C@H]([C@@H]1C(=O)O)[C@H]2[Si](C)(C)C. The average molecular weight is 366 g/mol. The van der Waals surface area contributed by atoms with Crippen LogP contribution >= 0.6 is 0 Å². The lowest BCUT2D eigenvalue weighted by molar-refractivity contribution is -0.156. The molecule has 1 amide bonds. The lowest BCUT2D eigenvalue weighted by atomic mass is 9.82. The summed E-state index contributed by atoms with van der Waals surface area (Å²) >= 11 is 0. The number of allylic oxidation sites excluding steroid dienone is 2. The topological polar surface area (TPSA) is 83.9 Å². The molecule has 1 N–H and O–H groups in total. The molecule has 0 spiro atoms. The zero-order valence-electron chi connectivity index (χ0n) is 15.3. The summed E-state index contributed by atoms with van der Waals surface area (Å²) in [6.07, 6.45) is 5.40. The zero-order valence-corrected chi connectivity index (χ0v) is 16.3. The van der Waals surface area contributed by atoms with E-state index in [0.29, 0.717) is 13.0 Å². The van der Waals surface area contributed by atoms with Crippen LogP contribution in [0.3, 0.4) is 0 Å². The second kappa shape index (κ2) is 6.27. The molecule has 25 heavy (non-hydrogen) atoms. The summed E-state index contributed by atoms with van der Waals surface area (Å²) in [5.41, 5.74) is 0.265. The third kappa shape index (κ3) is 2.82. The maximum atomic E-state index is 13.3. The molecule has 3 rings (SSSR count). The van der Waals surface area contributed by atoms with Crippen molar-refractivity contribution in [2.24, 2.45) is 23.7 Å². The van der Waals surface area contributed by atoms with Crippen LogP contribution in [0.25, 0.3) is 0 Å². The third-order valence-corrected chi connectivity index (χ3v) is 8.95. The number of hydrogen-bond donors (Lipinski definition) is 1. The van der Waals surface area contributed by atoms with Gasteiger partial charge in [-0.05, 0) is 30.2 Å². The minimum Gasteiger partial charge on any atom is -0.481 e. The number of hydrogen-bond acceptors (Lipinski definition) is 4. The van der Waals surface area contributed by atoms with E-state index in [1.165, 1.54) is 7.11 Å². The van der Waals surface area contributed by atoms with Gasteiger partial charge in [0, 0.05) is 14.6 Å². The second-order valence-electron chi connectivity index (χ2n) is 8.53. The summed E-state index contributed by atoms with van der Waals surface area (Å²) in [5, 5.41) is 9.82. The molecule has 6 atom stereocenters. The van der Waals surface area contributed by atoms with Crippen molar-refractivity contribution in [2.45, 2.75) is 44.1 Å². The summed E-state index contributed by atoms with van der Waals surface area (Å²) < 4.78 is 4.83. The van der Waals surface area contributed by atoms with Crippen LogP contribution in [0.1, 0.15) is 12.8 Å². The van der Waals surface area contributed by atoms with Crippen molar-refractivity contribution in [3.63, 3.8) is 0 Å². The van der Waals surface area contributed by atoms with Crippen LogP contribution in [0.5, 0.6) is 0 Å². The van der Waals surface area contributed by atoms with Crippen molar-refractivity contribution < 1.29 is 24.2 Å². The Labute approximate surface area is 149 Å². The van der Waals surface area contributed by atoms with E-state index in [-0.39, 0.29) is 23.3 Å². The maximum absolute atomic E-state index is 13.3. The number of carboxylic acid groups (broad SMARTS) is 1. The van der Waals surface area contributed by atoms with Crippen molar-refractivity contribution in [2.75, 3.05) is 13.7 Å². The van der Waals surface area contributed by atoms with Crippen LogP contribution in [0, 0.1) is 23.7 Å². The standard InChI is InChI=1S/C18H27NO5Si/c1-24-18(23)12-6-5-9-19(12)16(20)13-10-7-8-11(14(13)17(21)22)15(10)25(2,3)4/h7-8,10-15H,5-6,9H2,1-4H3,(H,21,22)/t10-,11+,12-,13+,14-,15-/m0/s1. The number of rotatable bonds is 4. The van der Waals surface area contributed by atoms with Crippen molar-refractivity contribution in [3.8, 4) is 0 Å². The van der Waals surface area contributed by atoms with Gasteiger partial charge in [-0.2, -0.15) is 0 Å². The van der Waals surface area contributed by atoms with Gasteiger partial charge in [0.05, 0.1) is 18.9 Å². The molecule has 1 heterocycles. The molecule has 7 heteroatoms. The Morgan fingerprint density at radius 2 is 1.72 bits per heavy atom. The lowest BCUT2D eigenvalue weighted by Crippen LogP contribution is -2.47. The lowest BCUT2D eigenvalue weighted by Gasteiger charge is -2.32. The van der Waals surface area contributed by atoms with Gasteiger partial charge in [-0.25, -0.2) is 4.79 Å². The number of carbonyl (C=O) groups excluding carboxylic acids is 2. The van der Waals surface area contributed by atoms with E-state index in [0.717, 1.165) is 6.42 Å². The van der Waals surface area contributed by atoms with E-state index in [1.807, 2.05) is 6.08 Å². The van der Waals surface area contributed by atoms with E-state index >= 15 is 0 Å². The van der Waals surface area contributed by atoms with E-state index in [2.05, 4.69) is 25.7 Å². The monoisotopic (exact) mass is 365 g/mol. The van der Waals surface area contributed by atoms with Gasteiger partial charge in [0.1, 0.15) is 6.04 Å². The molecule has 0 aromatic heterocycles. The molecule has 1 aliphatic heterocycles. The van der Waals surface area contributed by atoms with E-state index in [9.17, 15) is 19.5 Å². The number of likely N-dealkylation sites (tertiary alicyclic amines) is 1. The molecule has 0 aromatic rings. The average Bonchev–Trinajstić information content (AvgIpc) is 3.24. The maximum Gasteiger partial charge on any atom is 0.328 e. The number of fused-ring (bicyclic) bond motifs is 2. The summed E-state index contributed by atoms with van der Waals surface area (Å²) in [5.74, 6) is -2.81. The van der Waals surface area contributed by atoms with Gasteiger partial charge in [-0.1, -0.05) is 31.8 Å². The number of amides is 1. The molecule has 6 nitrogen and oxygen atoms in total. The van der Waals surface area contributed by atoms with Crippen LogP contribution < -0.4 is 0 Å². The first-order valence-corrected chi connectivity index (χ1v) is 12.6. The fraction of sp³-hybridized carbons (Fsp3) is 0.722. The molecular formula is C18H27NO5Si. The fourth-order valence-electron chi connectivity index (χ4n) is 5.31. The molecule has 3 aliphatic rings. The molecule has 2 aliphatic carbocycles. The van der Waals surface area contributed by atoms with Crippen LogP contribution in [0.2, 0.25) is 25.2 Å². The molecular weight excluding hydrogens is 338 g/mol. The van der Waals surface area contributed by atoms with Gasteiger partial charge >= 0.3 is 11.9 Å². The van der Waals surface area contributed by atoms with Crippen molar-refractivity contribution in [1.82, 2.24) is 4.90 Å². The van der Waals surface area contributed by atoms with Crippen molar-refractivity contribution in [1.29, 1.82) is 0 Å². The molecule has 2 bridgehead atoms. The smallest absolute Gasteiger partial charge is 0.328 e. The Kier molecular flexibility index (Phi) is 4.55. The molecule has 0 aromatic carbocycles. The summed E-state index contributed by atoms with van der Waals surface area (Å²) in [7, 11) is -0.312. The Balaban J connectivity index is 1.92. The van der Waals surface area contributed by atoms with Gasteiger partial charge in [0.2, 0.25) is 5.91 Å². The molecule has 138 valence electrons. The highest BCUT2D eigenvalue weighted by molar-refractivity contribution is 6.78. The Morgan fingerprint density at radius 3 is 2.24 bits per heavy atom. The number of methoxy groups -OCH3 is 1. The number of esters is 1. The first kappa shape index (κ1) is 18.2. The minimum absolute atomic E-state index is 0.0239. The van der Waals surface area contributed by atoms with E-state index < -0.39 is 37.9 Å². The van der Waals surface area contributed by atoms with Crippen LogP contribution in [0.15, 0.2) is 12.2 Å². The number of aliphatic carboxylic acids is 1. The number of nitrogens with zero attached hydrogens (tertiary/aromatic N) is 1. The number of ether oxygens (including phenoxy) is 1. The van der Waals surface area contributed by atoms with Gasteiger partial charge < -0.3 is 14.7 Å². The van der Waals surface area contributed by atoms with Gasteiger partial charge in [-0.15, -0.1) is 0 Å². The van der Waals surface area contributed by atoms with Crippen molar-refractivity contribution in [3.05, 3.63) is 12.2 Å². The highest BCUT2D eigenvalue weighted by Crippen LogP contribution is 2.59. The summed E-state index contributed by atoms with van der Waals surface area (Å²) in [4.78, 5) is 38.9. The fourth-order valence-corrected chi connectivity index (χ4v) is 8.26. The first-order chi connectivity index (χ1) is 11.7. The Bertz CT molecular complexity index is 625. The van der Waals surface area contributed by atoms with Crippen LogP contribution in [0.4, 0.5) is 0 Å². The molecule has 0 unspecified atom stereocenters. The predicted octanol–water partition coefficient (Wildman–Crippen LogP) is 1.99. The van der Waals surface area contributed by atoms with E-state index in [4.69, 9.17) is 4.74 Å². The second-order valence-corrected chi connectivity index (χ2v) is 13.9. The minimum atomic E-state index is -1.64. The molecule has 1 saturated carbocycles. The van der Waals surface area contributed by atoms with E-state index in [1.54, 1.807) is 4.90 Å². The summed E-state index contributed by atoms with van der Waals surface area (Å²) in [6, 6.07) is -0.569. The predicted molar refractivity (Wildman–Crippen MR) is 94.6 cm³/mol. The quantitative estimate of drug-likeness (QED) is 0.468. The number of carbonyl (C=O) groups is 3. The molecule has 1 saturated heterocycles.